The van der Waals surface area contributed by atoms with E-state index in [1.807, 2.05) is 0 Å². The summed E-state index contributed by atoms with van der Waals surface area (Å²) in [6.45, 7) is 0. The SMILES string of the molecule is NC1CCCCC1C(=O)Nc1ccccc1O. The third kappa shape index (κ3) is 2.77. The Morgan fingerprint density at radius 1 is 1.29 bits per heavy atom. The van der Waals surface area contributed by atoms with E-state index in [1.165, 1.54) is 0 Å². The fourth-order valence-electron chi connectivity index (χ4n) is 2.29. The van der Waals surface area contributed by atoms with E-state index >= 15 is 0 Å². The Morgan fingerprint density at radius 3 is 2.71 bits per heavy atom. The molecule has 0 bridgehead atoms. The highest BCUT2D eigenvalue weighted by molar-refractivity contribution is 5.94. The number of carbonyl (C=O) groups is 1. The smallest absolute Gasteiger partial charge is 0.229 e. The number of carbonyl (C=O) groups excluding carboxylic acids is 1. The van der Waals surface area contributed by atoms with Gasteiger partial charge >= 0.3 is 0 Å². The van der Waals surface area contributed by atoms with Crippen LogP contribution in [-0.2, 0) is 4.79 Å². The van der Waals surface area contributed by atoms with Gasteiger partial charge in [-0.2, -0.15) is 0 Å². The second-order valence-electron chi connectivity index (χ2n) is 4.56. The zero-order valence-electron chi connectivity index (χ0n) is 9.73. The lowest BCUT2D eigenvalue weighted by Gasteiger charge is -2.27. The molecular weight excluding hydrogens is 216 g/mol. The maximum Gasteiger partial charge on any atom is 0.229 e. The van der Waals surface area contributed by atoms with E-state index in [4.69, 9.17) is 5.73 Å². The largest absolute Gasteiger partial charge is 0.506 e. The van der Waals surface area contributed by atoms with Crippen LogP contribution in [0.2, 0.25) is 0 Å². The minimum atomic E-state index is -0.136. The van der Waals surface area contributed by atoms with Gasteiger partial charge < -0.3 is 16.2 Å². The van der Waals surface area contributed by atoms with Crippen LogP contribution < -0.4 is 11.1 Å². The maximum atomic E-state index is 12.0. The van der Waals surface area contributed by atoms with Crippen molar-refractivity contribution in [1.29, 1.82) is 0 Å². The summed E-state index contributed by atoms with van der Waals surface area (Å²) >= 11 is 0. The molecule has 1 fully saturated rings. The molecule has 0 radical (unpaired) electrons. The number of nitrogens with two attached hydrogens (primary N) is 1. The Kier molecular flexibility index (Phi) is 3.64. The Hall–Kier alpha value is -1.55. The third-order valence-corrected chi connectivity index (χ3v) is 3.32. The predicted molar refractivity (Wildman–Crippen MR) is 66.7 cm³/mol. The van der Waals surface area contributed by atoms with Crippen molar-refractivity contribution in [2.45, 2.75) is 31.7 Å². The zero-order chi connectivity index (χ0) is 12.3. The molecule has 2 atom stereocenters. The molecule has 1 amide bonds. The van der Waals surface area contributed by atoms with Crippen LogP contribution in [0, 0.1) is 5.92 Å². The number of phenolic OH excluding ortho intramolecular Hbond substituents is 1. The lowest BCUT2D eigenvalue weighted by molar-refractivity contribution is -0.121. The van der Waals surface area contributed by atoms with E-state index in [-0.39, 0.29) is 23.6 Å². The summed E-state index contributed by atoms with van der Waals surface area (Å²) in [6, 6.07) is 6.67. The minimum absolute atomic E-state index is 0.0606. The van der Waals surface area contributed by atoms with Gasteiger partial charge in [-0.15, -0.1) is 0 Å². The Balaban J connectivity index is 2.03. The van der Waals surface area contributed by atoms with Gasteiger partial charge in [0.2, 0.25) is 5.91 Å². The number of rotatable bonds is 2. The molecule has 4 heteroatoms. The summed E-state index contributed by atoms with van der Waals surface area (Å²) in [5.41, 5.74) is 6.40. The van der Waals surface area contributed by atoms with Gasteiger partial charge in [0.05, 0.1) is 11.6 Å². The third-order valence-electron chi connectivity index (χ3n) is 3.32. The van der Waals surface area contributed by atoms with E-state index in [2.05, 4.69) is 5.32 Å². The average Bonchev–Trinajstić information content (AvgIpc) is 2.32. The van der Waals surface area contributed by atoms with Gasteiger partial charge in [0.1, 0.15) is 5.75 Å². The summed E-state index contributed by atoms with van der Waals surface area (Å²) in [5, 5.41) is 12.3. The summed E-state index contributed by atoms with van der Waals surface area (Å²) in [7, 11) is 0. The highest BCUT2D eigenvalue weighted by Crippen LogP contribution is 2.27. The van der Waals surface area contributed by atoms with E-state index in [0.717, 1.165) is 25.7 Å². The van der Waals surface area contributed by atoms with Crippen LogP contribution >= 0.6 is 0 Å². The van der Waals surface area contributed by atoms with E-state index < -0.39 is 0 Å². The number of nitrogens with one attached hydrogen (secondary N) is 1. The van der Waals surface area contributed by atoms with Gasteiger partial charge in [0.25, 0.3) is 0 Å². The molecule has 4 nitrogen and oxygen atoms in total. The lowest BCUT2D eigenvalue weighted by atomic mass is 9.84. The molecule has 0 heterocycles. The molecule has 92 valence electrons. The molecule has 4 N–H and O–H groups in total. The molecule has 2 unspecified atom stereocenters. The Bertz CT molecular complexity index is 406. The first-order valence-corrected chi connectivity index (χ1v) is 6.03. The van der Waals surface area contributed by atoms with Crippen LogP contribution in [0.3, 0.4) is 0 Å². The van der Waals surface area contributed by atoms with E-state index in [1.54, 1.807) is 24.3 Å². The molecule has 2 rings (SSSR count). The van der Waals surface area contributed by atoms with Crippen molar-refractivity contribution in [3.8, 4) is 5.75 Å². The minimum Gasteiger partial charge on any atom is -0.506 e. The topological polar surface area (TPSA) is 75.4 Å². The Labute approximate surface area is 101 Å². The lowest BCUT2D eigenvalue weighted by Crippen LogP contribution is -2.40. The summed E-state index contributed by atoms with van der Waals surface area (Å²) in [6.07, 6.45) is 3.88. The fourth-order valence-corrected chi connectivity index (χ4v) is 2.29. The quantitative estimate of drug-likeness (QED) is 0.683. The number of hydrogen-bond acceptors (Lipinski definition) is 3. The van der Waals surface area contributed by atoms with Gasteiger partial charge in [-0.1, -0.05) is 25.0 Å². The number of aromatic hydroxyl groups is 1. The molecule has 0 saturated heterocycles. The molecule has 0 aliphatic heterocycles. The van der Waals surface area contributed by atoms with Gasteiger partial charge in [-0.25, -0.2) is 0 Å². The number of para-hydroxylation sites is 2. The number of amides is 1. The average molecular weight is 234 g/mol. The number of phenols is 1. The number of hydrogen-bond donors (Lipinski definition) is 3. The van der Waals surface area contributed by atoms with E-state index in [9.17, 15) is 9.90 Å². The normalized spacial score (nSPS) is 24.3. The van der Waals surface area contributed by atoms with Gasteiger partial charge in [0, 0.05) is 6.04 Å². The summed E-state index contributed by atoms with van der Waals surface area (Å²) in [5.74, 6) is -0.132. The van der Waals surface area contributed by atoms with Crippen LogP contribution in [0.25, 0.3) is 0 Å². The summed E-state index contributed by atoms with van der Waals surface area (Å²) < 4.78 is 0. The van der Waals surface area contributed by atoms with Crippen LogP contribution in [0.15, 0.2) is 24.3 Å². The van der Waals surface area contributed by atoms with Crippen molar-refractivity contribution in [2.75, 3.05) is 5.32 Å². The van der Waals surface area contributed by atoms with Crippen LogP contribution in [0.1, 0.15) is 25.7 Å². The highest BCUT2D eigenvalue weighted by atomic mass is 16.3. The van der Waals surface area contributed by atoms with Crippen molar-refractivity contribution < 1.29 is 9.90 Å². The first-order valence-electron chi connectivity index (χ1n) is 6.03. The second-order valence-corrected chi connectivity index (χ2v) is 4.56. The molecule has 1 aromatic carbocycles. The predicted octanol–water partition coefficient (Wildman–Crippen LogP) is 1.85. The first-order chi connectivity index (χ1) is 8.18. The van der Waals surface area contributed by atoms with Gasteiger partial charge in [-0.3, -0.25) is 4.79 Å². The molecule has 0 spiro atoms. The standard InChI is InChI=1S/C13H18N2O2/c14-10-6-2-1-5-9(10)13(17)15-11-7-3-4-8-12(11)16/h3-4,7-10,16H,1-2,5-6,14H2,(H,15,17). The highest BCUT2D eigenvalue weighted by Gasteiger charge is 2.28. The Morgan fingerprint density at radius 2 is 2.00 bits per heavy atom. The van der Waals surface area contributed by atoms with Crippen LogP contribution in [0.4, 0.5) is 5.69 Å². The molecule has 1 aromatic rings. The molecule has 0 aromatic heterocycles. The fraction of sp³-hybridized carbons (Fsp3) is 0.462. The zero-order valence-corrected chi connectivity index (χ0v) is 9.73. The molecule has 1 aliphatic rings. The van der Waals surface area contributed by atoms with Crippen molar-refractivity contribution in [1.82, 2.24) is 0 Å². The monoisotopic (exact) mass is 234 g/mol. The van der Waals surface area contributed by atoms with Gasteiger partial charge in [0.15, 0.2) is 0 Å². The maximum absolute atomic E-state index is 12.0. The van der Waals surface area contributed by atoms with E-state index in [0.29, 0.717) is 5.69 Å². The molecular formula is C13H18N2O2. The molecule has 1 aliphatic carbocycles. The van der Waals surface area contributed by atoms with Crippen LogP contribution in [0.5, 0.6) is 5.75 Å². The molecule has 1 saturated carbocycles. The van der Waals surface area contributed by atoms with Crippen molar-refractivity contribution in [3.05, 3.63) is 24.3 Å². The second kappa shape index (κ2) is 5.19. The molecule has 17 heavy (non-hydrogen) atoms. The van der Waals surface area contributed by atoms with Crippen molar-refractivity contribution in [2.24, 2.45) is 11.7 Å². The number of anilines is 1. The van der Waals surface area contributed by atoms with Crippen LogP contribution in [-0.4, -0.2) is 17.1 Å². The first kappa shape index (κ1) is 11.9. The van der Waals surface area contributed by atoms with Gasteiger partial charge in [-0.05, 0) is 25.0 Å². The summed E-state index contributed by atoms with van der Waals surface area (Å²) in [4.78, 5) is 12.0. The number of benzene rings is 1. The van der Waals surface area contributed by atoms with Crippen molar-refractivity contribution >= 4 is 11.6 Å². The van der Waals surface area contributed by atoms with Crippen molar-refractivity contribution in [3.63, 3.8) is 0 Å².